The van der Waals surface area contributed by atoms with Crippen LogP contribution in [0.3, 0.4) is 0 Å². The average Bonchev–Trinajstić information content (AvgIpc) is 3.27. The van der Waals surface area contributed by atoms with Crippen molar-refractivity contribution in [2.45, 2.75) is 32.6 Å². The van der Waals surface area contributed by atoms with Crippen molar-refractivity contribution < 1.29 is 14.0 Å². The molecular weight excluding hydrogens is 354 g/mol. The number of aromatic nitrogens is 3. The molecule has 0 spiro atoms. The topological polar surface area (TPSA) is 113 Å². The van der Waals surface area contributed by atoms with Crippen molar-refractivity contribution in [1.29, 1.82) is 0 Å². The third-order valence-electron chi connectivity index (χ3n) is 3.51. The van der Waals surface area contributed by atoms with Gasteiger partial charge in [0, 0.05) is 22.6 Å². The highest BCUT2D eigenvalue weighted by molar-refractivity contribution is 7.14. The van der Waals surface area contributed by atoms with Gasteiger partial charge in [0.25, 0.3) is 5.91 Å². The predicted molar refractivity (Wildman–Crippen MR) is 98.4 cm³/mol. The number of amides is 2. The molecule has 0 saturated heterocycles. The Labute approximate surface area is 154 Å². The maximum Gasteiger partial charge on any atom is 0.293 e. The number of H-pyrrole nitrogens is 1. The van der Waals surface area contributed by atoms with Crippen molar-refractivity contribution in [2.75, 3.05) is 10.6 Å². The zero-order valence-electron chi connectivity index (χ0n) is 14.6. The highest BCUT2D eigenvalue weighted by Crippen LogP contribution is 2.22. The Hall–Kier alpha value is -2.94. The highest BCUT2D eigenvalue weighted by atomic mass is 32.1. The Kier molecular flexibility index (Phi) is 4.90. The van der Waals surface area contributed by atoms with E-state index in [2.05, 4.69) is 46.6 Å². The van der Waals surface area contributed by atoms with Crippen molar-refractivity contribution in [3.63, 3.8) is 0 Å². The van der Waals surface area contributed by atoms with E-state index in [-0.39, 0.29) is 29.4 Å². The summed E-state index contributed by atoms with van der Waals surface area (Å²) in [6.45, 7) is 6.17. The zero-order chi connectivity index (χ0) is 18.7. The Bertz CT molecular complexity index is 905. The van der Waals surface area contributed by atoms with Crippen LogP contribution >= 0.6 is 11.3 Å². The molecule has 9 heteroatoms. The number of nitrogens with one attached hydrogen (secondary N) is 3. The maximum absolute atomic E-state index is 12.2. The number of thiazole rings is 1. The van der Waals surface area contributed by atoms with Gasteiger partial charge in [-0.2, -0.15) is 5.10 Å². The molecule has 136 valence electrons. The summed E-state index contributed by atoms with van der Waals surface area (Å²) in [6, 6.07) is 5.01. The Morgan fingerprint density at radius 3 is 2.77 bits per heavy atom. The zero-order valence-corrected chi connectivity index (χ0v) is 15.4. The van der Waals surface area contributed by atoms with Crippen molar-refractivity contribution in [2.24, 2.45) is 0 Å². The van der Waals surface area contributed by atoms with Gasteiger partial charge in [0.2, 0.25) is 5.91 Å². The SMILES string of the molecule is CC(C)(C)c1cc(NC(=O)Cc2csc(NC(=O)c3ccco3)n2)n[nH]1. The van der Waals surface area contributed by atoms with Crippen molar-refractivity contribution in [3.05, 3.63) is 47.0 Å². The van der Waals surface area contributed by atoms with Crippen molar-refractivity contribution in [3.8, 4) is 0 Å². The lowest BCUT2D eigenvalue weighted by Gasteiger charge is -2.14. The van der Waals surface area contributed by atoms with Gasteiger partial charge < -0.3 is 9.73 Å². The van der Waals surface area contributed by atoms with E-state index < -0.39 is 0 Å². The van der Waals surface area contributed by atoms with Gasteiger partial charge in [-0.25, -0.2) is 4.98 Å². The molecule has 0 bridgehead atoms. The molecule has 2 amide bonds. The molecule has 0 aliphatic heterocycles. The molecule has 0 aromatic carbocycles. The molecule has 0 unspecified atom stereocenters. The Morgan fingerprint density at radius 1 is 1.31 bits per heavy atom. The molecule has 0 atom stereocenters. The largest absolute Gasteiger partial charge is 0.459 e. The molecule has 0 fully saturated rings. The van der Waals surface area contributed by atoms with Gasteiger partial charge in [-0.1, -0.05) is 20.8 Å². The molecule has 8 nitrogen and oxygen atoms in total. The summed E-state index contributed by atoms with van der Waals surface area (Å²) in [5, 5.41) is 14.5. The van der Waals surface area contributed by atoms with Crippen LogP contribution in [0.2, 0.25) is 0 Å². The third-order valence-corrected chi connectivity index (χ3v) is 4.32. The number of nitrogens with zero attached hydrogens (tertiary/aromatic N) is 2. The van der Waals surface area contributed by atoms with E-state index in [1.54, 1.807) is 17.5 Å². The van der Waals surface area contributed by atoms with E-state index in [4.69, 9.17) is 4.42 Å². The minimum absolute atomic E-state index is 0.0774. The Morgan fingerprint density at radius 2 is 2.12 bits per heavy atom. The van der Waals surface area contributed by atoms with E-state index >= 15 is 0 Å². The molecule has 3 heterocycles. The second-order valence-corrected chi connectivity index (χ2v) is 7.58. The second-order valence-electron chi connectivity index (χ2n) is 6.72. The van der Waals surface area contributed by atoms with E-state index in [0.717, 1.165) is 5.69 Å². The fourth-order valence-corrected chi connectivity index (χ4v) is 2.84. The summed E-state index contributed by atoms with van der Waals surface area (Å²) in [7, 11) is 0. The van der Waals surface area contributed by atoms with Gasteiger partial charge in [0.05, 0.1) is 18.4 Å². The molecule has 0 aliphatic rings. The Balaban J connectivity index is 1.56. The molecule has 0 radical (unpaired) electrons. The molecule has 3 rings (SSSR count). The van der Waals surface area contributed by atoms with Crippen LogP contribution in [0.15, 0.2) is 34.3 Å². The lowest BCUT2D eigenvalue weighted by molar-refractivity contribution is -0.115. The predicted octanol–water partition coefficient (Wildman–Crippen LogP) is 3.19. The number of furan rings is 1. The van der Waals surface area contributed by atoms with Crippen LogP contribution < -0.4 is 10.6 Å². The number of rotatable bonds is 5. The van der Waals surface area contributed by atoms with Gasteiger partial charge in [0.1, 0.15) is 0 Å². The lowest BCUT2D eigenvalue weighted by atomic mass is 9.92. The molecule has 0 aliphatic carbocycles. The number of anilines is 2. The van der Waals surface area contributed by atoms with Gasteiger partial charge in [-0.15, -0.1) is 11.3 Å². The van der Waals surface area contributed by atoms with Gasteiger partial charge in [-0.05, 0) is 12.1 Å². The molecule has 26 heavy (non-hydrogen) atoms. The molecule has 0 saturated carbocycles. The monoisotopic (exact) mass is 373 g/mol. The minimum Gasteiger partial charge on any atom is -0.459 e. The van der Waals surface area contributed by atoms with Gasteiger partial charge >= 0.3 is 0 Å². The van der Waals surface area contributed by atoms with Gasteiger partial charge in [0.15, 0.2) is 16.7 Å². The van der Waals surface area contributed by atoms with Crippen LogP contribution in [0.5, 0.6) is 0 Å². The van der Waals surface area contributed by atoms with E-state index in [0.29, 0.717) is 16.6 Å². The third kappa shape index (κ3) is 4.37. The molecule has 3 N–H and O–H groups in total. The number of carbonyl (C=O) groups excluding carboxylic acids is 2. The quantitative estimate of drug-likeness (QED) is 0.636. The van der Waals surface area contributed by atoms with Crippen LogP contribution in [-0.2, 0) is 16.6 Å². The number of hydrogen-bond acceptors (Lipinski definition) is 6. The van der Waals surface area contributed by atoms with E-state index in [1.165, 1.54) is 17.6 Å². The first-order valence-electron chi connectivity index (χ1n) is 7.96. The highest BCUT2D eigenvalue weighted by Gasteiger charge is 2.18. The summed E-state index contributed by atoms with van der Waals surface area (Å²) in [4.78, 5) is 28.3. The fraction of sp³-hybridized carbons (Fsp3) is 0.294. The first kappa shape index (κ1) is 17.9. The normalized spacial score (nSPS) is 11.3. The van der Waals surface area contributed by atoms with E-state index in [1.807, 2.05) is 6.07 Å². The lowest BCUT2D eigenvalue weighted by Crippen LogP contribution is -2.15. The number of aromatic amines is 1. The standard InChI is InChI=1S/C17H19N5O3S/c1-17(2,3)12-8-13(22-21-12)19-14(23)7-10-9-26-16(18-10)20-15(24)11-5-4-6-25-11/h4-6,8-9H,7H2,1-3H3,(H,18,20,24)(H2,19,21,22,23). The minimum atomic E-state index is -0.383. The van der Waals surface area contributed by atoms with Crippen LogP contribution in [-0.4, -0.2) is 27.0 Å². The first-order chi connectivity index (χ1) is 12.3. The second kappa shape index (κ2) is 7.12. The molecule has 3 aromatic heterocycles. The number of carbonyl (C=O) groups is 2. The van der Waals surface area contributed by atoms with Crippen LogP contribution in [0.4, 0.5) is 10.9 Å². The fourth-order valence-electron chi connectivity index (χ4n) is 2.13. The van der Waals surface area contributed by atoms with Crippen LogP contribution in [0, 0.1) is 0 Å². The van der Waals surface area contributed by atoms with Crippen LogP contribution in [0.25, 0.3) is 0 Å². The summed E-state index contributed by atoms with van der Waals surface area (Å²) in [6.07, 6.45) is 1.51. The van der Waals surface area contributed by atoms with Crippen molar-refractivity contribution >= 4 is 34.1 Å². The summed E-state index contributed by atoms with van der Waals surface area (Å²) >= 11 is 1.24. The van der Waals surface area contributed by atoms with Crippen LogP contribution in [0.1, 0.15) is 42.7 Å². The summed E-state index contributed by atoms with van der Waals surface area (Å²) < 4.78 is 5.02. The van der Waals surface area contributed by atoms with Gasteiger partial charge in [-0.3, -0.25) is 20.0 Å². The maximum atomic E-state index is 12.2. The number of hydrogen-bond donors (Lipinski definition) is 3. The summed E-state index contributed by atoms with van der Waals surface area (Å²) in [5.41, 5.74) is 1.42. The average molecular weight is 373 g/mol. The molecule has 3 aromatic rings. The smallest absolute Gasteiger partial charge is 0.293 e. The summed E-state index contributed by atoms with van der Waals surface area (Å²) in [5.74, 6) is 0.0620. The molecular formula is C17H19N5O3S. The van der Waals surface area contributed by atoms with Crippen molar-refractivity contribution in [1.82, 2.24) is 15.2 Å². The first-order valence-corrected chi connectivity index (χ1v) is 8.84. The van der Waals surface area contributed by atoms with E-state index in [9.17, 15) is 9.59 Å².